The first-order chi connectivity index (χ1) is 11.5. The van der Waals surface area contributed by atoms with E-state index in [-0.39, 0.29) is 12.3 Å². The second-order valence-corrected chi connectivity index (χ2v) is 6.11. The molecule has 0 spiro atoms. The Morgan fingerprint density at radius 1 is 1.25 bits per heavy atom. The van der Waals surface area contributed by atoms with Gasteiger partial charge < -0.3 is 15.2 Å². The predicted octanol–water partition coefficient (Wildman–Crippen LogP) is 3.44. The normalized spacial score (nSPS) is 11.8. The number of benzene rings is 2. The Kier molecular flexibility index (Phi) is 6.64. The van der Waals surface area contributed by atoms with Gasteiger partial charge >= 0.3 is 0 Å². The van der Waals surface area contributed by atoms with Crippen LogP contribution in [-0.2, 0) is 11.2 Å². The van der Waals surface area contributed by atoms with E-state index in [1.165, 1.54) is 0 Å². The molecule has 0 aliphatic heterocycles. The Balaban J connectivity index is 1.79. The number of carbonyl (C=O) groups excluding carboxylic acids is 1. The molecule has 0 fully saturated rings. The van der Waals surface area contributed by atoms with Crippen LogP contribution in [0.2, 0.25) is 5.02 Å². The van der Waals surface area contributed by atoms with Crippen molar-refractivity contribution in [2.45, 2.75) is 25.9 Å². The van der Waals surface area contributed by atoms with Gasteiger partial charge in [-0.2, -0.15) is 0 Å². The molecule has 128 valence electrons. The monoisotopic (exact) mass is 347 g/mol. The van der Waals surface area contributed by atoms with Crippen LogP contribution in [-0.4, -0.2) is 24.7 Å². The minimum Gasteiger partial charge on any atom is -0.496 e. The van der Waals surface area contributed by atoms with Gasteiger partial charge in [-0.15, -0.1) is 0 Å². The van der Waals surface area contributed by atoms with E-state index in [0.29, 0.717) is 23.6 Å². The number of methoxy groups -OCH3 is 1. The number of nitrogens with one attached hydrogen (secondary N) is 1. The second kappa shape index (κ2) is 8.71. The third kappa shape index (κ3) is 5.25. The van der Waals surface area contributed by atoms with Crippen LogP contribution in [0.1, 0.15) is 29.2 Å². The summed E-state index contributed by atoms with van der Waals surface area (Å²) in [5.41, 5.74) is 2.85. The third-order valence-corrected chi connectivity index (χ3v) is 4.09. The number of aryl methyl sites for hydroxylation is 1. The van der Waals surface area contributed by atoms with Crippen molar-refractivity contribution in [2.75, 3.05) is 13.7 Å². The fourth-order valence-corrected chi connectivity index (χ4v) is 2.54. The van der Waals surface area contributed by atoms with Gasteiger partial charge in [-0.25, -0.2) is 0 Å². The topological polar surface area (TPSA) is 58.6 Å². The average Bonchev–Trinajstić information content (AvgIpc) is 2.56. The van der Waals surface area contributed by atoms with Gasteiger partial charge in [0.25, 0.3) is 0 Å². The van der Waals surface area contributed by atoms with E-state index in [9.17, 15) is 9.90 Å². The van der Waals surface area contributed by atoms with E-state index in [1.807, 2.05) is 25.1 Å². The number of hydrogen-bond acceptors (Lipinski definition) is 3. The molecule has 0 heterocycles. The van der Waals surface area contributed by atoms with E-state index >= 15 is 0 Å². The minimum atomic E-state index is -0.832. The van der Waals surface area contributed by atoms with Gasteiger partial charge in [-0.3, -0.25) is 4.79 Å². The lowest BCUT2D eigenvalue weighted by Crippen LogP contribution is -2.27. The van der Waals surface area contributed by atoms with E-state index in [1.54, 1.807) is 31.4 Å². The van der Waals surface area contributed by atoms with Crippen LogP contribution in [0.25, 0.3) is 0 Å². The zero-order chi connectivity index (χ0) is 17.5. The first-order valence-corrected chi connectivity index (χ1v) is 8.21. The largest absolute Gasteiger partial charge is 0.496 e. The Bertz CT molecular complexity index is 686. The van der Waals surface area contributed by atoms with E-state index in [2.05, 4.69) is 5.32 Å². The van der Waals surface area contributed by atoms with Crippen molar-refractivity contribution in [1.82, 2.24) is 5.32 Å². The molecule has 2 rings (SSSR count). The van der Waals surface area contributed by atoms with Gasteiger partial charge in [0.15, 0.2) is 0 Å². The highest BCUT2D eigenvalue weighted by Gasteiger charge is 2.12. The summed E-state index contributed by atoms with van der Waals surface area (Å²) in [6, 6.07) is 12.8. The standard InChI is InChI=1S/C19H22ClNO3/c1-13-3-4-14(11-18(13)24-2)9-10-21-19(23)12-17(22)15-5-7-16(20)8-6-15/h3-8,11,17,22H,9-10,12H2,1-2H3,(H,21,23). The number of halogens is 1. The van der Waals surface area contributed by atoms with Crippen LogP contribution < -0.4 is 10.1 Å². The summed E-state index contributed by atoms with van der Waals surface area (Å²) in [5, 5.41) is 13.5. The SMILES string of the molecule is COc1cc(CCNC(=O)CC(O)c2ccc(Cl)cc2)ccc1C. The van der Waals surface area contributed by atoms with Crippen molar-refractivity contribution in [3.05, 3.63) is 64.2 Å². The Morgan fingerprint density at radius 3 is 2.62 bits per heavy atom. The molecule has 1 amide bonds. The number of rotatable bonds is 7. The summed E-state index contributed by atoms with van der Waals surface area (Å²) < 4.78 is 5.29. The summed E-state index contributed by atoms with van der Waals surface area (Å²) in [6.45, 7) is 2.50. The van der Waals surface area contributed by atoms with Gasteiger partial charge in [0.2, 0.25) is 5.91 Å². The number of carbonyl (C=O) groups is 1. The van der Waals surface area contributed by atoms with Gasteiger partial charge in [0.1, 0.15) is 5.75 Å². The van der Waals surface area contributed by atoms with Crippen LogP contribution in [0.4, 0.5) is 0 Å². The molecule has 0 saturated carbocycles. The van der Waals surface area contributed by atoms with Crippen LogP contribution in [0.15, 0.2) is 42.5 Å². The maximum absolute atomic E-state index is 11.9. The smallest absolute Gasteiger partial charge is 0.222 e. The van der Waals surface area contributed by atoms with Crippen LogP contribution in [0.5, 0.6) is 5.75 Å². The lowest BCUT2D eigenvalue weighted by molar-refractivity contribution is -0.123. The average molecular weight is 348 g/mol. The summed E-state index contributed by atoms with van der Waals surface area (Å²) in [4.78, 5) is 11.9. The Labute approximate surface area is 147 Å². The first kappa shape index (κ1) is 18.3. The minimum absolute atomic E-state index is 0.0266. The number of hydrogen-bond donors (Lipinski definition) is 2. The van der Waals surface area contributed by atoms with E-state index < -0.39 is 6.10 Å². The van der Waals surface area contributed by atoms with Gasteiger partial charge in [-0.05, 0) is 48.2 Å². The van der Waals surface area contributed by atoms with Crippen molar-refractivity contribution in [3.63, 3.8) is 0 Å². The van der Waals surface area contributed by atoms with Crippen LogP contribution >= 0.6 is 11.6 Å². The zero-order valence-electron chi connectivity index (χ0n) is 13.9. The molecule has 4 nitrogen and oxygen atoms in total. The van der Waals surface area contributed by atoms with Crippen LogP contribution in [0.3, 0.4) is 0 Å². The van der Waals surface area contributed by atoms with Crippen molar-refractivity contribution in [3.8, 4) is 5.75 Å². The maximum atomic E-state index is 11.9. The van der Waals surface area contributed by atoms with Crippen molar-refractivity contribution in [2.24, 2.45) is 0 Å². The molecule has 5 heteroatoms. The summed E-state index contributed by atoms with van der Waals surface area (Å²) in [5.74, 6) is 0.661. The molecule has 2 aromatic rings. The highest BCUT2D eigenvalue weighted by molar-refractivity contribution is 6.30. The maximum Gasteiger partial charge on any atom is 0.222 e. The molecule has 0 aromatic heterocycles. The molecule has 1 atom stereocenters. The fraction of sp³-hybridized carbons (Fsp3) is 0.316. The first-order valence-electron chi connectivity index (χ1n) is 7.83. The van der Waals surface area contributed by atoms with E-state index in [4.69, 9.17) is 16.3 Å². The summed E-state index contributed by atoms with van der Waals surface area (Å²) in [7, 11) is 1.64. The molecule has 0 radical (unpaired) electrons. The number of aliphatic hydroxyl groups is 1. The number of ether oxygens (including phenoxy) is 1. The lowest BCUT2D eigenvalue weighted by atomic mass is 10.1. The highest BCUT2D eigenvalue weighted by Crippen LogP contribution is 2.20. The molecule has 0 bridgehead atoms. The predicted molar refractivity (Wildman–Crippen MR) is 95.5 cm³/mol. The molecule has 2 aromatic carbocycles. The molecule has 0 saturated heterocycles. The Hall–Kier alpha value is -2.04. The molecule has 24 heavy (non-hydrogen) atoms. The molecule has 0 aliphatic rings. The van der Waals surface area contributed by atoms with Crippen LogP contribution in [0, 0.1) is 6.92 Å². The quantitative estimate of drug-likeness (QED) is 0.806. The second-order valence-electron chi connectivity index (χ2n) is 5.68. The summed E-state index contributed by atoms with van der Waals surface area (Å²) >= 11 is 5.81. The zero-order valence-corrected chi connectivity index (χ0v) is 14.6. The summed E-state index contributed by atoms with van der Waals surface area (Å²) in [6.07, 6.45) is -0.0973. The lowest BCUT2D eigenvalue weighted by Gasteiger charge is -2.12. The molecular formula is C19H22ClNO3. The fourth-order valence-electron chi connectivity index (χ4n) is 2.42. The molecular weight excluding hydrogens is 326 g/mol. The van der Waals surface area contributed by atoms with Crippen molar-refractivity contribution >= 4 is 17.5 Å². The molecule has 0 aliphatic carbocycles. The van der Waals surface area contributed by atoms with Crippen molar-refractivity contribution in [1.29, 1.82) is 0 Å². The molecule has 1 unspecified atom stereocenters. The van der Waals surface area contributed by atoms with Gasteiger partial charge in [-0.1, -0.05) is 35.9 Å². The Morgan fingerprint density at radius 2 is 1.96 bits per heavy atom. The highest BCUT2D eigenvalue weighted by atomic mass is 35.5. The van der Waals surface area contributed by atoms with Crippen molar-refractivity contribution < 1.29 is 14.6 Å². The number of aliphatic hydroxyl groups excluding tert-OH is 1. The molecule has 2 N–H and O–H groups in total. The van der Waals surface area contributed by atoms with E-state index in [0.717, 1.165) is 16.9 Å². The van der Waals surface area contributed by atoms with Gasteiger partial charge in [0.05, 0.1) is 19.6 Å². The van der Waals surface area contributed by atoms with Gasteiger partial charge in [0, 0.05) is 11.6 Å². The third-order valence-electron chi connectivity index (χ3n) is 3.84. The number of amides is 1.